The summed E-state index contributed by atoms with van der Waals surface area (Å²) in [5.41, 5.74) is 8.25. The zero-order chi connectivity index (χ0) is 21.1. The first-order valence-electron chi connectivity index (χ1n) is 12.6. The van der Waals surface area contributed by atoms with Gasteiger partial charge in [0.1, 0.15) is 0 Å². The minimum Gasteiger partial charge on any atom is -1.00 e. The number of allylic oxidation sites excluding steroid dienone is 2. The summed E-state index contributed by atoms with van der Waals surface area (Å²) in [5.74, 6) is 0. The van der Waals surface area contributed by atoms with Crippen LogP contribution in [0.25, 0.3) is 12.2 Å². The molecule has 172 valence electrons. The van der Waals surface area contributed by atoms with Gasteiger partial charge in [-0.25, -0.2) is 0 Å². The molecule has 2 aromatic carbocycles. The first-order valence-corrected chi connectivity index (χ1v) is 19.5. The zero-order valence-electron chi connectivity index (χ0n) is 19.8. The van der Waals surface area contributed by atoms with Gasteiger partial charge in [0.25, 0.3) is 0 Å². The summed E-state index contributed by atoms with van der Waals surface area (Å²) in [4.78, 5) is 0. The Morgan fingerprint density at radius 1 is 0.667 bits per heavy atom. The molecule has 0 aromatic heterocycles. The van der Waals surface area contributed by atoms with Crippen LogP contribution in [0, 0.1) is 0 Å². The Labute approximate surface area is 223 Å². The molecule has 0 saturated carbocycles. The van der Waals surface area contributed by atoms with Gasteiger partial charge in [0.2, 0.25) is 0 Å². The van der Waals surface area contributed by atoms with E-state index in [1.807, 2.05) is 7.76 Å². The predicted octanol–water partition coefficient (Wildman–Crippen LogP) is 2.18. The van der Waals surface area contributed by atoms with Gasteiger partial charge in [-0.1, -0.05) is 0 Å². The topological polar surface area (TPSA) is 0 Å². The maximum Gasteiger partial charge on any atom is -1.00 e. The Kier molecular flexibility index (Phi) is 7.76. The van der Waals surface area contributed by atoms with Crippen LogP contribution in [0.15, 0.2) is 56.3 Å². The van der Waals surface area contributed by atoms with Gasteiger partial charge in [-0.3, -0.25) is 0 Å². The van der Waals surface area contributed by atoms with Crippen LogP contribution in [0.3, 0.4) is 0 Å². The molecule has 0 N–H and O–H groups in total. The predicted molar refractivity (Wildman–Crippen MR) is 135 cm³/mol. The smallest absolute Gasteiger partial charge is 1.00 e. The van der Waals surface area contributed by atoms with E-state index in [2.05, 4.69) is 74.5 Å². The van der Waals surface area contributed by atoms with E-state index < -0.39 is 16.1 Å². The van der Waals surface area contributed by atoms with Gasteiger partial charge in [-0.2, -0.15) is 0 Å². The maximum atomic E-state index is 2.69. The van der Waals surface area contributed by atoms with Crippen LogP contribution < -0.4 is 24.8 Å². The molecule has 2 aromatic rings. The quantitative estimate of drug-likeness (QED) is 0.489. The van der Waals surface area contributed by atoms with Crippen LogP contribution >= 0.6 is 0 Å². The minimum absolute atomic E-state index is 0. The zero-order valence-corrected chi connectivity index (χ0v) is 24.9. The van der Waals surface area contributed by atoms with Gasteiger partial charge in [0.15, 0.2) is 0 Å². The van der Waals surface area contributed by atoms with Crippen molar-refractivity contribution in [2.45, 2.75) is 74.0 Å². The SMILES string of the molecule is CC[Si]1(C2[C]([Ti+2][C]3=Cc4ccccc4C3[Si]3(CC)CCC3)=Cc3ccccc32)CCC1.[Cl-].[Cl-]. The molecule has 2 saturated heterocycles. The molecule has 2 atom stereocenters. The Hall–Kier alpha value is -0.352. The van der Waals surface area contributed by atoms with Crippen LogP contribution in [0.4, 0.5) is 0 Å². The second-order valence-corrected chi connectivity index (χ2v) is 22.8. The standard InChI is InChI=1S/2C14H17Si.2ClH.Ti/c2*1-2-15(10-5-11-15)14-9-8-12-6-3-4-7-13(12)14;;;/h2*3-4,6-8,14H,2,5,10-11H2,1H3;2*1H;/q;;;;+2/p-2. The molecule has 2 aliphatic heterocycles. The number of fused-ring (bicyclic) bond motifs is 2. The van der Waals surface area contributed by atoms with Crippen LogP contribution in [0.2, 0.25) is 36.3 Å². The van der Waals surface area contributed by atoms with Crippen LogP contribution in [-0.2, 0) is 19.2 Å². The molecule has 2 fully saturated rings. The van der Waals surface area contributed by atoms with E-state index in [0.717, 1.165) is 11.1 Å². The van der Waals surface area contributed by atoms with Crippen molar-refractivity contribution in [1.29, 1.82) is 0 Å². The van der Waals surface area contributed by atoms with Crippen molar-refractivity contribution in [3.63, 3.8) is 0 Å². The molecular formula is C28H34Cl2Si2Ti. The van der Waals surface area contributed by atoms with Gasteiger partial charge in [0, 0.05) is 0 Å². The Morgan fingerprint density at radius 2 is 1.06 bits per heavy atom. The van der Waals surface area contributed by atoms with Crippen LogP contribution in [-0.4, -0.2) is 16.1 Å². The number of benzene rings is 2. The van der Waals surface area contributed by atoms with Gasteiger partial charge in [0.05, 0.1) is 0 Å². The summed E-state index contributed by atoms with van der Waals surface area (Å²) in [5, 5.41) is 0. The average molecular weight is 546 g/mol. The van der Waals surface area contributed by atoms with E-state index in [0.29, 0.717) is 0 Å². The second-order valence-electron chi connectivity index (χ2n) is 10.6. The average Bonchev–Trinajstić information content (AvgIpc) is 3.27. The monoisotopic (exact) mass is 544 g/mol. The first-order chi connectivity index (χ1) is 15.2. The molecule has 0 radical (unpaired) electrons. The van der Waals surface area contributed by atoms with E-state index >= 15 is 0 Å². The summed E-state index contributed by atoms with van der Waals surface area (Å²) in [6.07, 6.45) is 8.36. The summed E-state index contributed by atoms with van der Waals surface area (Å²) in [6.45, 7) is 5.04. The molecule has 0 bridgehead atoms. The largest absolute Gasteiger partial charge is 1.00 e. The number of hydrogen-bond acceptors (Lipinski definition) is 0. The summed E-state index contributed by atoms with van der Waals surface area (Å²) >= 11 is -0.233. The molecule has 0 nitrogen and oxygen atoms in total. The summed E-state index contributed by atoms with van der Waals surface area (Å²) in [7, 11) is -2.35. The molecule has 6 rings (SSSR count). The van der Waals surface area contributed by atoms with Crippen molar-refractivity contribution in [3.8, 4) is 0 Å². The van der Waals surface area contributed by atoms with Gasteiger partial charge in [-0.05, 0) is 0 Å². The Bertz CT molecular complexity index is 988. The van der Waals surface area contributed by atoms with Crippen molar-refractivity contribution in [2.24, 2.45) is 0 Å². The van der Waals surface area contributed by atoms with E-state index in [4.69, 9.17) is 0 Å². The van der Waals surface area contributed by atoms with E-state index in [1.54, 1.807) is 46.4 Å². The fraction of sp³-hybridized carbons (Fsp3) is 0.429. The third-order valence-electron chi connectivity index (χ3n) is 9.48. The van der Waals surface area contributed by atoms with E-state index in [1.165, 1.54) is 24.9 Å². The number of halogens is 2. The van der Waals surface area contributed by atoms with Gasteiger partial charge in [-0.15, -0.1) is 0 Å². The van der Waals surface area contributed by atoms with Crippen molar-refractivity contribution in [3.05, 3.63) is 78.5 Å². The number of hydrogen-bond donors (Lipinski definition) is 0. The fourth-order valence-corrected chi connectivity index (χ4v) is 22.2. The Balaban J connectivity index is 0.00000130. The Morgan fingerprint density at radius 3 is 1.39 bits per heavy atom. The van der Waals surface area contributed by atoms with E-state index in [-0.39, 0.29) is 44.0 Å². The van der Waals surface area contributed by atoms with E-state index in [9.17, 15) is 0 Å². The molecule has 4 aliphatic rings. The molecular weight excluding hydrogens is 511 g/mol. The van der Waals surface area contributed by atoms with Crippen molar-refractivity contribution >= 4 is 28.3 Å². The van der Waals surface area contributed by atoms with Crippen molar-refractivity contribution < 1.29 is 44.0 Å². The molecule has 2 unspecified atom stereocenters. The summed E-state index contributed by atoms with van der Waals surface area (Å²) in [6, 6.07) is 28.2. The van der Waals surface area contributed by atoms with Crippen molar-refractivity contribution in [2.75, 3.05) is 0 Å². The van der Waals surface area contributed by atoms with Gasteiger partial charge >= 0.3 is 200 Å². The molecule has 2 heterocycles. The van der Waals surface area contributed by atoms with Gasteiger partial charge < -0.3 is 24.8 Å². The normalized spacial score (nSPS) is 25.0. The summed E-state index contributed by atoms with van der Waals surface area (Å²) < 4.78 is 3.83. The molecule has 2 aliphatic carbocycles. The third-order valence-corrected chi connectivity index (χ3v) is 24.5. The first kappa shape index (κ1) is 25.7. The molecule has 0 spiro atoms. The maximum absolute atomic E-state index is 2.69. The third kappa shape index (κ3) is 3.98. The number of rotatable bonds is 6. The molecule has 0 amide bonds. The molecule has 33 heavy (non-hydrogen) atoms. The molecule has 5 heteroatoms. The van der Waals surface area contributed by atoms with Crippen LogP contribution in [0.5, 0.6) is 0 Å². The van der Waals surface area contributed by atoms with Crippen molar-refractivity contribution in [1.82, 2.24) is 0 Å². The second kappa shape index (κ2) is 9.95. The fourth-order valence-electron chi connectivity index (χ4n) is 7.30. The van der Waals surface area contributed by atoms with Crippen LogP contribution in [0.1, 0.15) is 60.0 Å². The minimum atomic E-state index is -1.17.